The molecule has 0 saturated heterocycles. The Morgan fingerprint density at radius 3 is 2.45 bits per heavy atom. The molecule has 9 heteroatoms. The van der Waals surface area contributed by atoms with Gasteiger partial charge in [0.15, 0.2) is 0 Å². The predicted octanol–water partition coefficient (Wildman–Crippen LogP) is 3.95. The highest BCUT2D eigenvalue weighted by molar-refractivity contribution is 7.89. The van der Waals surface area contributed by atoms with Gasteiger partial charge < -0.3 is 14.9 Å². The van der Waals surface area contributed by atoms with Crippen molar-refractivity contribution in [1.29, 1.82) is 0 Å². The SMILES string of the molecule is C[C@H](CO)N1C[C@H](C)[C@H](CN(C)Cc2ccccc2C(=O)O)Oc2cc(-c3ccccc3)ccc2S1(=O)=O. The van der Waals surface area contributed by atoms with Crippen molar-refractivity contribution in [3.63, 3.8) is 0 Å². The second-order valence-corrected chi connectivity index (χ2v) is 11.8. The first-order valence-electron chi connectivity index (χ1n) is 12.6. The summed E-state index contributed by atoms with van der Waals surface area (Å²) >= 11 is 0. The van der Waals surface area contributed by atoms with Gasteiger partial charge in [0.2, 0.25) is 10.0 Å². The van der Waals surface area contributed by atoms with Crippen molar-refractivity contribution in [3.05, 3.63) is 83.9 Å². The summed E-state index contributed by atoms with van der Waals surface area (Å²) in [6.07, 6.45) is -0.398. The molecule has 4 rings (SSSR count). The summed E-state index contributed by atoms with van der Waals surface area (Å²) in [6.45, 7) is 4.32. The van der Waals surface area contributed by atoms with Crippen LogP contribution in [0.2, 0.25) is 0 Å². The van der Waals surface area contributed by atoms with E-state index in [2.05, 4.69) is 0 Å². The number of carboxylic acids is 1. The standard InChI is InChI=1S/C29H34N2O6S/c1-20-16-31(21(2)19-32)38(35,36)28-14-13-23(22-9-5-4-6-10-22)15-26(28)37-27(20)18-30(3)17-24-11-7-8-12-25(24)29(33)34/h4-15,20-21,27,32H,16-19H2,1-3H3,(H,33,34)/t20-,21+,27-/m0/s1. The normalized spacial score (nSPS) is 20.1. The molecule has 1 aliphatic heterocycles. The number of carboxylic acid groups (broad SMARTS) is 1. The van der Waals surface area contributed by atoms with Crippen molar-refractivity contribution in [2.45, 2.75) is 37.4 Å². The Labute approximate surface area is 224 Å². The number of carbonyl (C=O) groups is 1. The second-order valence-electron chi connectivity index (χ2n) is 9.93. The van der Waals surface area contributed by atoms with Crippen LogP contribution in [0.4, 0.5) is 0 Å². The largest absolute Gasteiger partial charge is 0.487 e. The molecule has 8 nitrogen and oxygen atoms in total. The van der Waals surface area contributed by atoms with E-state index in [1.807, 2.05) is 55.3 Å². The predicted molar refractivity (Wildman–Crippen MR) is 146 cm³/mol. The van der Waals surface area contributed by atoms with E-state index in [-0.39, 0.29) is 35.3 Å². The van der Waals surface area contributed by atoms with Crippen molar-refractivity contribution in [2.24, 2.45) is 5.92 Å². The smallest absolute Gasteiger partial charge is 0.336 e. The van der Waals surface area contributed by atoms with E-state index in [9.17, 15) is 23.4 Å². The molecule has 0 amide bonds. The van der Waals surface area contributed by atoms with Crippen LogP contribution in [0, 0.1) is 5.92 Å². The van der Waals surface area contributed by atoms with Crippen LogP contribution in [0.15, 0.2) is 77.7 Å². The molecular formula is C29H34N2O6S. The summed E-state index contributed by atoms with van der Waals surface area (Å²) in [4.78, 5) is 13.7. The molecule has 3 aromatic carbocycles. The number of fused-ring (bicyclic) bond motifs is 1. The minimum absolute atomic E-state index is 0.0632. The zero-order chi connectivity index (χ0) is 27.4. The summed E-state index contributed by atoms with van der Waals surface area (Å²) in [5, 5.41) is 19.4. The second kappa shape index (κ2) is 11.7. The zero-order valence-electron chi connectivity index (χ0n) is 21.8. The molecule has 0 unspecified atom stereocenters. The van der Waals surface area contributed by atoms with Gasteiger partial charge in [0.25, 0.3) is 0 Å². The van der Waals surface area contributed by atoms with Crippen LogP contribution in [0.3, 0.4) is 0 Å². The Balaban J connectivity index is 1.71. The third-order valence-corrected chi connectivity index (χ3v) is 8.97. The van der Waals surface area contributed by atoms with Gasteiger partial charge in [-0.1, -0.05) is 61.5 Å². The fourth-order valence-corrected chi connectivity index (χ4v) is 6.61. The highest BCUT2D eigenvalue weighted by Crippen LogP contribution is 2.36. The van der Waals surface area contributed by atoms with Crippen molar-refractivity contribution >= 4 is 16.0 Å². The van der Waals surface area contributed by atoms with Gasteiger partial charge in [0.1, 0.15) is 16.7 Å². The number of sulfonamides is 1. The molecule has 202 valence electrons. The van der Waals surface area contributed by atoms with Gasteiger partial charge in [-0.05, 0) is 48.9 Å². The lowest BCUT2D eigenvalue weighted by atomic mass is 10.0. The summed E-state index contributed by atoms with van der Waals surface area (Å²) in [5.41, 5.74) is 2.70. The maximum absolute atomic E-state index is 13.7. The molecule has 0 fully saturated rings. The Morgan fingerprint density at radius 1 is 1.08 bits per heavy atom. The molecule has 0 aliphatic carbocycles. The van der Waals surface area contributed by atoms with E-state index in [0.717, 1.165) is 11.1 Å². The van der Waals surface area contributed by atoms with Crippen LogP contribution in [0.1, 0.15) is 29.8 Å². The number of aromatic carboxylic acids is 1. The lowest BCUT2D eigenvalue weighted by Crippen LogP contribution is -2.49. The maximum Gasteiger partial charge on any atom is 0.336 e. The zero-order valence-corrected chi connectivity index (χ0v) is 22.6. The first kappa shape index (κ1) is 27.8. The number of aliphatic hydroxyl groups excluding tert-OH is 1. The van der Waals surface area contributed by atoms with Crippen LogP contribution < -0.4 is 4.74 Å². The van der Waals surface area contributed by atoms with E-state index in [4.69, 9.17) is 4.74 Å². The number of likely N-dealkylation sites (N-methyl/N-ethyl adjacent to an activating group) is 1. The molecule has 2 N–H and O–H groups in total. The van der Waals surface area contributed by atoms with Gasteiger partial charge in [-0.3, -0.25) is 4.90 Å². The van der Waals surface area contributed by atoms with Crippen molar-refractivity contribution in [3.8, 4) is 16.9 Å². The van der Waals surface area contributed by atoms with E-state index < -0.39 is 28.1 Å². The van der Waals surface area contributed by atoms with Crippen molar-refractivity contribution < 1.29 is 28.2 Å². The van der Waals surface area contributed by atoms with Gasteiger partial charge in [-0.25, -0.2) is 13.2 Å². The van der Waals surface area contributed by atoms with Crippen LogP contribution in [-0.4, -0.2) is 72.7 Å². The number of ether oxygens (including phenoxy) is 1. The number of aliphatic hydroxyl groups is 1. The van der Waals surface area contributed by atoms with E-state index in [1.54, 1.807) is 43.3 Å². The topological polar surface area (TPSA) is 107 Å². The van der Waals surface area contributed by atoms with Gasteiger partial charge in [-0.2, -0.15) is 4.31 Å². The fraction of sp³-hybridized carbons (Fsp3) is 0.345. The third kappa shape index (κ3) is 5.91. The average Bonchev–Trinajstić information content (AvgIpc) is 2.90. The number of hydrogen-bond donors (Lipinski definition) is 2. The molecule has 0 bridgehead atoms. The van der Waals surface area contributed by atoms with E-state index in [1.165, 1.54) is 4.31 Å². The van der Waals surface area contributed by atoms with Gasteiger partial charge >= 0.3 is 5.97 Å². The summed E-state index contributed by atoms with van der Waals surface area (Å²) < 4.78 is 35.2. The van der Waals surface area contributed by atoms with Gasteiger partial charge in [0, 0.05) is 31.6 Å². The van der Waals surface area contributed by atoms with E-state index in [0.29, 0.717) is 18.7 Å². The monoisotopic (exact) mass is 538 g/mol. The summed E-state index contributed by atoms with van der Waals surface area (Å²) in [5.74, 6) is -0.937. The third-order valence-electron chi connectivity index (χ3n) is 6.95. The van der Waals surface area contributed by atoms with Crippen LogP contribution in [0.25, 0.3) is 11.1 Å². The lowest BCUT2D eigenvalue weighted by molar-refractivity contribution is 0.0686. The molecular weight excluding hydrogens is 504 g/mol. The van der Waals surface area contributed by atoms with Gasteiger partial charge in [-0.15, -0.1) is 0 Å². The molecule has 3 aromatic rings. The number of benzene rings is 3. The molecule has 0 saturated carbocycles. The van der Waals surface area contributed by atoms with Crippen LogP contribution in [-0.2, 0) is 16.6 Å². The molecule has 0 aromatic heterocycles. The molecule has 3 atom stereocenters. The first-order chi connectivity index (χ1) is 18.1. The fourth-order valence-electron chi connectivity index (χ4n) is 4.78. The van der Waals surface area contributed by atoms with Crippen molar-refractivity contribution in [2.75, 3.05) is 26.7 Å². The quantitative estimate of drug-likeness (QED) is 0.447. The highest BCUT2D eigenvalue weighted by atomic mass is 32.2. The number of hydrogen-bond acceptors (Lipinski definition) is 6. The van der Waals surface area contributed by atoms with Crippen molar-refractivity contribution in [1.82, 2.24) is 9.21 Å². The summed E-state index contributed by atoms with van der Waals surface area (Å²) in [7, 11) is -2.04. The number of rotatable bonds is 8. The van der Waals surface area contributed by atoms with Gasteiger partial charge in [0.05, 0.1) is 12.2 Å². The molecule has 0 radical (unpaired) electrons. The highest BCUT2D eigenvalue weighted by Gasteiger charge is 2.38. The van der Waals surface area contributed by atoms with Crippen LogP contribution >= 0.6 is 0 Å². The molecule has 1 aliphatic rings. The molecule has 1 heterocycles. The Hall–Kier alpha value is -3.24. The average molecular weight is 539 g/mol. The lowest BCUT2D eigenvalue weighted by Gasteiger charge is -2.37. The molecule has 0 spiro atoms. The minimum atomic E-state index is -3.93. The maximum atomic E-state index is 13.7. The summed E-state index contributed by atoms with van der Waals surface area (Å²) in [6, 6.07) is 21.0. The first-order valence-corrected chi connectivity index (χ1v) is 14.0. The molecule has 38 heavy (non-hydrogen) atoms. The minimum Gasteiger partial charge on any atom is -0.487 e. The Morgan fingerprint density at radius 2 is 1.76 bits per heavy atom. The van der Waals surface area contributed by atoms with E-state index >= 15 is 0 Å². The van der Waals surface area contributed by atoms with Crippen LogP contribution in [0.5, 0.6) is 5.75 Å². The Kier molecular flexibility index (Phi) is 8.52. The Bertz CT molecular complexity index is 1380. The number of nitrogens with zero attached hydrogens (tertiary/aromatic N) is 2.